The Morgan fingerprint density at radius 2 is 2.21 bits per heavy atom. The first kappa shape index (κ1) is 12.1. The lowest BCUT2D eigenvalue weighted by molar-refractivity contribution is -0.0978. The first-order valence-electron chi connectivity index (χ1n) is 6.38. The number of hydrogen-bond donors (Lipinski definition) is 1. The summed E-state index contributed by atoms with van der Waals surface area (Å²) in [5.41, 5.74) is 1.60. The van der Waals surface area contributed by atoms with Crippen molar-refractivity contribution in [2.45, 2.75) is 6.92 Å². The monoisotopic (exact) mass is 256 g/mol. The van der Waals surface area contributed by atoms with Gasteiger partial charge in [-0.05, 0) is 18.2 Å². The number of carbonyl (C=O) groups excluding carboxylic acids is 1. The fourth-order valence-electron chi connectivity index (χ4n) is 2.24. The van der Waals surface area contributed by atoms with Crippen LogP contribution < -0.4 is 5.32 Å². The maximum absolute atomic E-state index is 12.3. The zero-order chi connectivity index (χ0) is 13.3. The number of carbonyl (C=O) groups is 1. The number of rotatable bonds is 3. The third-order valence-corrected chi connectivity index (χ3v) is 3.47. The number of ether oxygens (including phenoxy) is 1. The number of fused-ring (bicyclic) bond motifs is 1. The summed E-state index contributed by atoms with van der Waals surface area (Å²) in [6.07, 6.45) is 1.73. The highest BCUT2D eigenvalue weighted by Gasteiger charge is 2.33. The summed E-state index contributed by atoms with van der Waals surface area (Å²) in [4.78, 5) is 16.5. The highest BCUT2D eigenvalue weighted by Crippen LogP contribution is 2.25. The molecule has 0 spiro atoms. The third kappa shape index (κ3) is 2.31. The van der Waals surface area contributed by atoms with Gasteiger partial charge >= 0.3 is 0 Å². The SMILES string of the molecule is CC1(CNC(=O)c2cccc3ncccc23)COC1. The molecule has 1 N–H and O–H groups in total. The fraction of sp³-hybridized carbons (Fsp3) is 0.333. The minimum absolute atomic E-state index is 0.0493. The van der Waals surface area contributed by atoms with E-state index >= 15 is 0 Å². The molecule has 1 aliphatic rings. The van der Waals surface area contributed by atoms with Gasteiger partial charge in [0.05, 0.1) is 18.7 Å². The molecule has 0 atom stereocenters. The molecule has 4 heteroatoms. The summed E-state index contributed by atoms with van der Waals surface area (Å²) >= 11 is 0. The van der Waals surface area contributed by atoms with Gasteiger partial charge < -0.3 is 10.1 Å². The number of amides is 1. The Kier molecular flexibility index (Phi) is 2.95. The van der Waals surface area contributed by atoms with Gasteiger partial charge in [-0.1, -0.05) is 19.1 Å². The molecular weight excluding hydrogens is 240 g/mol. The Balaban J connectivity index is 1.81. The minimum atomic E-state index is -0.0493. The average molecular weight is 256 g/mol. The van der Waals surface area contributed by atoms with Crippen LogP contribution in [0.5, 0.6) is 0 Å². The topological polar surface area (TPSA) is 51.2 Å². The van der Waals surface area contributed by atoms with Crippen molar-refractivity contribution in [1.82, 2.24) is 10.3 Å². The van der Waals surface area contributed by atoms with E-state index in [1.165, 1.54) is 0 Å². The van der Waals surface area contributed by atoms with Crippen molar-refractivity contribution in [3.63, 3.8) is 0 Å². The van der Waals surface area contributed by atoms with Gasteiger partial charge in [-0.2, -0.15) is 0 Å². The second-order valence-corrected chi connectivity index (χ2v) is 5.36. The number of aromatic nitrogens is 1. The number of nitrogens with zero attached hydrogens (tertiary/aromatic N) is 1. The predicted octanol–water partition coefficient (Wildman–Crippen LogP) is 2.00. The molecule has 0 aliphatic carbocycles. The van der Waals surface area contributed by atoms with Gasteiger partial charge in [0.25, 0.3) is 5.91 Å². The summed E-state index contributed by atoms with van der Waals surface area (Å²) < 4.78 is 5.18. The molecular formula is C15H16N2O2. The van der Waals surface area contributed by atoms with Crippen molar-refractivity contribution in [2.75, 3.05) is 19.8 Å². The minimum Gasteiger partial charge on any atom is -0.380 e. The zero-order valence-electron chi connectivity index (χ0n) is 10.8. The first-order valence-corrected chi connectivity index (χ1v) is 6.38. The van der Waals surface area contributed by atoms with E-state index in [-0.39, 0.29) is 11.3 Å². The van der Waals surface area contributed by atoms with E-state index in [9.17, 15) is 4.79 Å². The zero-order valence-corrected chi connectivity index (χ0v) is 10.8. The summed E-state index contributed by atoms with van der Waals surface area (Å²) in [6, 6.07) is 9.37. The Bertz CT molecular complexity index is 615. The molecule has 1 aromatic heterocycles. The fourth-order valence-corrected chi connectivity index (χ4v) is 2.24. The second kappa shape index (κ2) is 4.63. The van der Waals surface area contributed by atoms with E-state index in [0.717, 1.165) is 10.9 Å². The van der Waals surface area contributed by atoms with Gasteiger partial charge in [0.15, 0.2) is 0 Å². The van der Waals surface area contributed by atoms with Crippen LogP contribution in [0.25, 0.3) is 10.9 Å². The normalized spacial score (nSPS) is 16.9. The number of nitrogens with one attached hydrogen (secondary N) is 1. The number of hydrogen-bond acceptors (Lipinski definition) is 3. The average Bonchev–Trinajstić information content (AvgIpc) is 2.42. The quantitative estimate of drug-likeness (QED) is 0.913. The highest BCUT2D eigenvalue weighted by atomic mass is 16.5. The Labute approximate surface area is 111 Å². The molecule has 2 heterocycles. The van der Waals surface area contributed by atoms with Crippen LogP contribution in [0.15, 0.2) is 36.5 Å². The van der Waals surface area contributed by atoms with Crippen LogP contribution >= 0.6 is 0 Å². The van der Waals surface area contributed by atoms with Crippen LogP contribution in [0.1, 0.15) is 17.3 Å². The molecule has 3 rings (SSSR count). The van der Waals surface area contributed by atoms with Crippen molar-refractivity contribution in [2.24, 2.45) is 5.41 Å². The molecule has 4 nitrogen and oxygen atoms in total. The van der Waals surface area contributed by atoms with Crippen molar-refractivity contribution in [1.29, 1.82) is 0 Å². The molecule has 1 fully saturated rings. The van der Waals surface area contributed by atoms with E-state index < -0.39 is 0 Å². The van der Waals surface area contributed by atoms with Crippen LogP contribution in [0.3, 0.4) is 0 Å². The lowest BCUT2D eigenvalue weighted by atomic mass is 9.88. The molecule has 1 aromatic carbocycles. The summed E-state index contributed by atoms with van der Waals surface area (Å²) in [5, 5.41) is 3.87. The Morgan fingerprint density at radius 1 is 1.37 bits per heavy atom. The van der Waals surface area contributed by atoms with Gasteiger partial charge in [-0.25, -0.2) is 0 Å². The van der Waals surface area contributed by atoms with Crippen molar-refractivity contribution in [3.05, 3.63) is 42.1 Å². The van der Waals surface area contributed by atoms with Crippen LogP contribution in [-0.4, -0.2) is 30.6 Å². The van der Waals surface area contributed by atoms with Crippen LogP contribution in [0, 0.1) is 5.41 Å². The Morgan fingerprint density at radius 3 is 2.95 bits per heavy atom. The molecule has 19 heavy (non-hydrogen) atoms. The molecule has 98 valence electrons. The van der Waals surface area contributed by atoms with Crippen molar-refractivity contribution < 1.29 is 9.53 Å². The Hall–Kier alpha value is -1.94. The van der Waals surface area contributed by atoms with E-state index in [4.69, 9.17) is 4.74 Å². The maximum Gasteiger partial charge on any atom is 0.251 e. The van der Waals surface area contributed by atoms with Crippen molar-refractivity contribution >= 4 is 16.8 Å². The van der Waals surface area contributed by atoms with Gasteiger partial charge in [0.1, 0.15) is 0 Å². The van der Waals surface area contributed by atoms with Crippen LogP contribution in [0.4, 0.5) is 0 Å². The standard InChI is InChI=1S/C15H16N2O2/c1-15(9-19-10-15)8-17-14(18)12-4-2-6-13-11(12)5-3-7-16-13/h2-7H,8-10H2,1H3,(H,17,18). The molecule has 0 unspecified atom stereocenters. The summed E-state index contributed by atoms with van der Waals surface area (Å²) in [6.45, 7) is 4.18. The highest BCUT2D eigenvalue weighted by molar-refractivity contribution is 6.06. The number of pyridine rings is 1. The van der Waals surface area contributed by atoms with Gasteiger partial charge in [-0.15, -0.1) is 0 Å². The van der Waals surface area contributed by atoms with Crippen LogP contribution in [-0.2, 0) is 4.74 Å². The molecule has 0 radical (unpaired) electrons. The maximum atomic E-state index is 12.3. The van der Waals surface area contributed by atoms with Gasteiger partial charge in [0.2, 0.25) is 0 Å². The van der Waals surface area contributed by atoms with Gasteiger partial charge in [-0.3, -0.25) is 9.78 Å². The smallest absolute Gasteiger partial charge is 0.251 e. The molecule has 0 saturated carbocycles. The van der Waals surface area contributed by atoms with E-state index in [1.807, 2.05) is 30.3 Å². The van der Waals surface area contributed by atoms with Crippen LogP contribution in [0.2, 0.25) is 0 Å². The second-order valence-electron chi connectivity index (χ2n) is 5.36. The summed E-state index contributed by atoms with van der Waals surface area (Å²) in [7, 11) is 0. The van der Waals surface area contributed by atoms with Gasteiger partial charge in [0, 0.05) is 29.1 Å². The molecule has 0 bridgehead atoms. The largest absolute Gasteiger partial charge is 0.380 e. The van der Waals surface area contributed by atoms with E-state index in [0.29, 0.717) is 25.3 Å². The third-order valence-electron chi connectivity index (χ3n) is 3.47. The number of benzene rings is 1. The first-order chi connectivity index (χ1) is 9.18. The molecule has 1 saturated heterocycles. The lowest BCUT2D eigenvalue weighted by Crippen LogP contribution is -2.48. The summed E-state index contributed by atoms with van der Waals surface area (Å²) in [5.74, 6) is -0.0493. The van der Waals surface area contributed by atoms with Crippen molar-refractivity contribution in [3.8, 4) is 0 Å². The molecule has 1 aliphatic heterocycles. The predicted molar refractivity (Wildman–Crippen MR) is 73.0 cm³/mol. The molecule has 1 amide bonds. The lowest BCUT2D eigenvalue weighted by Gasteiger charge is -2.38. The van der Waals surface area contributed by atoms with E-state index in [1.54, 1.807) is 6.20 Å². The molecule has 2 aromatic rings. The van der Waals surface area contributed by atoms with E-state index in [2.05, 4.69) is 17.2 Å².